The van der Waals surface area contributed by atoms with Gasteiger partial charge in [0.25, 0.3) is 0 Å². The number of hydrogen-bond donors (Lipinski definition) is 3. The molecule has 3 N–H and O–H groups in total. The maximum atomic E-state index is 11.8. The van der Waals surface area contributed by atoms with Crippen LogP contribution in [0.3, 0.4) is 0 Å². The molecule has 0 fully saturated rings. The quantitative estimate of drug-likeness (QED) is 0.696. The van der Waals surface area contributed by atoms with Gasteiger partial charge in [-0.1, -0.05) is 18.2 Å². The molecule has 6 heteroatoms. The summed E-state index contributed by atoms with van der Waals surface area (Å²) in [5.74, 6) is 1.26. The number of carbonyl (C=O) groups is 1. The molecule has 2 aromatic rings. The summed E-state index contributed by atoms with van der Waals surface area (Å²) in [6, 6.07) is 12.9. The Kier molecular flexibility index (Phi) is 6.38. The zero-order chi connectivity index (χ0) is 16.5. The molecule has 122 valence electrons. The third-order valence-electron chi connectivity index (χ3n) is 2.97. The summed E-state index contributed by atoms with van der Waals surface area (Å²) in [6.45, 7) is 2.44. The molecule has 1 amide bonds. The number of pyridine rings is 1. The number of carbonyl (C=O) groups excluding carboxylic acids is 1. The van der Waals surface area contributed by atoms with E-state index in [-0.39, 0.29) is 12.3 Å². The van der Waals surface area contributed by atoms with E-state index in [0.29, 0.717) is 24.7 Å². The lowest BCUT2D eigenvalue weighted by Crippen LogP contribution is -2.17. The van der Waals surface area contributed by atoms with Crippen molar-refractivity contribution in [1.29, 1.82) is 0 Å². The molecule has 0 bridgehead atoms. The van der Waals surface area contributed by atoms with Gasteiger partial charge in [0.05, 0.1) is 31.0 Å². The summed E-state index contributed by atoms with van der Waals surface area (Å²) in [6.07, 6.45) is 1.39. The topological polar surface area (TPSA) is 83.5 Å². The summed E-state index contributed by atoms with van der Waals surface area (Å²) >= 11 is 0. The fraction of sp³-hybridized carbons (Fsp3) is 0.294. The number of nitrogens with one attached hydrogen (secondary N) is 2. The van der Waals surface area contributed by atoms with Crippen molar-refractivity contribution in [2.24, 2.45) is 0 Å². The first kappa shape index (κ1) is 16.8. The minimum atomic E-state index is -0.444. The van der Waals surface area contributed by atoms with E-state index in [2.05, 4.69) is 15.6 Å². The van der Waals surface area contributed by atoms with Crippen molar-refractivity contribution in [3.8, 4) is 5.75 Å². The molecule has 1 atom stereocenters. The minimum absolute atomic E-state index is 0.132. The molecular weight excluding hydrogens is 294 g/mol. The molecule has 1 heterocycles. The summed E-state index contributed by atoms with van der Waals surface area (Å²) in [7, 11) is 0. The molecule has 6 nitrogen and oxygen atoms in total. The molecule has 1 aromatic heterocycles. The van der Waals surface area contributed by atoms with Crippen molar-refractivity contribution in [2.45, 2.75) is 19.4 Å². The highest BCUT2D eigenvalue weighted by molar-refractivity contribution is 5.90. The molecule has 1 unspecified atom stereocenters. The summed E-state index contributed by atoms with van der Waals surface area (Å²) in [4.78, 5) is 16.0. The number of hydrogen-bond acceptors (Lipinski definition) is 5. The van der Waals surface area contributed by atoms with Gasteiger partial charge in [-0.05, 0) is 31.2 Å². The monoisotopic (exact) mass is 315 g/mol. The Morgan fingerprint density at radius 2 is 2.04 bits per heavy atom. The Morgan fingerprint density at radius 3 is 2.70 bits per heavy atom. The van der Waals surface area contributed by atoms with Crippen molar-refractivity contribution >= 4 is 17.4 Å². The van der Waals surface area contributed by atoms with Crippen molar-refractivity contribution in [2.75, 3.05) is 23.8 Å². The zero-order valence-electron chi connectivity index (χ0n) is 13.0. The number of para-hydroxylation sites is 1. The minimum Gasteiger partial charge on any atom is -0.493 e. The maximum absolute atomic E-state index is 11.8. The van der Waals surface area contributed by atoms with Crippen LogP contribution < -0.4 is 15.4 Å². The van der Waals surface area contributed by atoms with Gasteiger partial charge in [0.2, 0.25) is 5.91 Å². The standard InChI is InChI=1S/C17H21N3O3/c1-13(21)11-18-16-8-7-14(12-19-16)20-17(22)9-10-23-15-5-3-2-4-6-15/h2-8,12-13,21H,9-11H2,1H3,(H,18,19)(H,20,22). The number of rotatable bonds is 8. The van der Waals surface area contributed by atoms with Crippen LogP contribution in [-0.2, 0) is 4.79 Å². The second kappa shape index (κ2) is 8.75. The first-order chi connectivity index (χ1) is 11.1. The normalized spacial score (nSPS) is 11.6. The van der Waals surface area contributed by atoms with E-state index >= 15 is 0 Å². The number of benzene rings is 1. The second-order valence-electron chi connectivity index (χ2n) is 5.12. The number of aromatic nitrogens is 1. The zero-order valence-corrected chi connectivity index (χ0v) is 13.0. The van der Waals surface area contributed by atoms with E-state index in [0.717, 1.165) is 5.75 Å². The Labute approximate surface area is 135 Å². The molecule has 0 aliphatic carbocycles. The van der Waals surface area contributed by atoms with Crippen molar-refractivity contribution in [3.05, 3.63) is 48.7 Å². The molecule has 0 spiro atoms. The van der Waals surface area contributed by atoms with Crippen LogP contribution in [0.25, 0.3) is 0 Å². The SMILES string of the molecule is CC(O)CNc1ccc(NC(=O)CCOc2ccccc2)cn1. The number of amides is 1. The van der Waals surface area contributed by atoms with E-state index in [4.69, 9.17) is 4.74 Å². The average molecular weight is 315 g/mol. The fourth-order valence-electron chi connectivity index (χ4n) is 1.83. The van der Waals surface area contributed by atoms with Crippen molar-refractivity contribution in [3.63, 3.8) is 0 Å². The Morgan fingerprint density at radius 1 is 1.26 bits per heavy atom. The molecule has 1 aromatic carbocycles. The van der Waals surface area contributed by atoms with Gasteiger partial charge in [-0.15, -0.1) is 0 Å². The van der Waals surface area contributed by atoms with Gasteiger partial charge >= 0.3 is 0 Å². The van der Waals surface area contributed by atoms with Gasteiger partial charge in [0.15, 0.2) is 0 Å². The molecule has 2 rings (SSSR count). The van der Waals surface area contributed by atoms with E-state index in [1.54, 1.807) is 25.3 Å². The van der Waals surface area contributed by atoms with E-state index in [1.807, 2.05) is 30.3 Å². The highest BCUT2D eigenvalue weighted by Gasteiger charge is 2.04. The number of aliphatic hydroxyl groups is 1. The highest BCUT2D eigenvalue weighted by atomic mass is 16.5. The van der Waals surface area contributed by atoms with Crippen LogP contribution in [-0.4, -0.2) is 35.3 Å². The van der Waals surface area contributed by atoms with Crippen molar-refractivity contribution in [1.82, 2.24) is 4.98 Å². The van der Waals surface area contributed by atoms with Gasteiger partial charge < -0.3 is 20.5 Å². The summed E-state index contributed by atoms with van der Waals surface area (Å²) in [5.41, 5.74) is 0.623. The first-order valence-corrected chi connectivity index (χ1v) is 7.49. The maximum Gasteiger partial charge on any atom is 0.227 e. The van der Waals surface area contributed by atoms with Crippen LogP contribution in [0.2, 0.25) is 0 Å². The van der Waals surface area contributed by atoms with Gasteiger partial charge in [-0.3, -0.25) is 4.79 Å². The van der Waals surface area contributed by atoms with Gasteiger partial charge in [0.1, 0.15) is 11.6 Å². The molecule has 23 heavy (non-hydrogen) atoms. The second-order valence-corrected chi connectivity index (χ2v) is 5.12. The Balaban J connectivity index is 1.72. The third-order valence-corrected chi connectivity index (χ3v) is 2.97. The molecule has 0 aliphatic heterocycles. The Bertz CT molecular complexity index is 600. The number of nitrogens with zero attached hydrogens (tertiary/aromatic N) is 1. The summed E-state index contributed by atoms with van der Waals surface area (Å²) in [5, 5.41) is 14.9. The van der Waals surface area contributed by atoms with E-state index in [9.17, 15) is 9.90 Å². The number of aliphatic hydroxyl groups excluding tert-OH is 1. The number of anilines is 2. The van der Waals surface area contributed by atoms with Crippen LogP contribution in [0.15, 0.2) is 48.7 Å². The van der Waals surface area contributed by atoms with Crippen LogP contribution in [0.5, 0.6) is 5.75 Å². The summed E-state index contributed by atoms with van der Waals surface area (Å²) < 4.78 is 5.48. The lowest BCUT2D eigenvalue weighted by molar-refractivity contribution is -0.116. The molecule has 0 radical (unpaired) electrons. The van der Waals surface area contributed by atoms with Gasteiger partial charge in [-0.25, -0.2) is 4.98 Å². The van der Waals surface area contributed by atoms with E-state index in [1.165, 1.54) is 0 Å². The highest BCUT2D eigenvalue weighted by Crippen LogP contribution is 2.11. The van der Waals surface area contributed by atoms with E-state index < -0.39 is 6.10 Å². The van der Waals surface area contributed by atoms with Crippen LogP contribution >= 0.6 is 0 Å². The Hall–Kier alpha value is -2.60. The molecule has 0 saturated heterocycles. The largest absolute Gasteiger partial charge is 0.493 e. The fourth-order valence-corrected chi connectivity index (χ4v) is 1.83. The lowest BCUT2D eigenvalue weighted by atomic mass is 10.3. The van der Waals surface area contributed by atoms with Gasteiger partial charge in [0, 0.05) is 6.54 Å². The number of ether oxygens (including phenoxy) is 1. The molecule has 0 saturated carbocycles. The predicted octanol–water partition coefficient (Wildman–Crippen LogP) is 2.28. The predicted molar refractivity (Wildman–Crippen MR) is 89.6 cm³/mol. The molecule has 0 aliphatic rings. The average Bonchev–Trinajstić information content (AvgIpc) is 2.55. The first-order valence-electron chi connectivity index (χ1n) is 7.49. The lowest BCUT2D eigenvalue weighted by Gasteiger charge is -2.09. The van der Waals surface area contributed by atoms with Gasteiger partial charge in [-0.2, -0.15) is 0 Å². The smallest absolute Gasteiger partial charge is 0.227 e. The molecular formula is C17H21N3O3. The van der Waals surface area contributed by atoms with Crippen molar-refractivity contribution < 1.29 is 14.6 Å². The third kappa shape index (κ3) is 6.36. The van der Waals surface area contributed by atoms with Crippen LogP contribution in [0.1, 0.15) is 13.3 Å². The van der Waals surface area contributed by atoms with Crippen LogP contribution in [0, 0.1) is 0 Å². The van der Waals surface area contributed by atoms with Crippen LogP contribution in [0.4, 0.5) is 11.5 Å².